The molecule has 1 aromatic rings. The highest BCUT2D eigenvalue weighted by atomic mass is 19.1. The number of hydrogen-bond donors (Lipinski definition) is 1. The summed E-state index contributed by atoms with van der Waals surface area (Å²) >= 11 is 0. The van der Waals surface area contributed by atoms with Crippen LogP contribution in [0.5, 0.6) is 0 Å². The minimum absolute atomic E-state index is 0.0413. The second-order valence-electron chi connectivity index (χ2n) is 4.43. The van der Waals surface area contributed by atoms with Crippen molar-refractivity contribution in [3.05, 3.63) is 30.1 Å². The summed E-state index contributed by atoms with van der Waals surface area (Å²) in [5.41, 5.74) is 0.783. The third kappa shape index (κ3) is 2.82. The van der Waals surface area contributed by atoms with E-state index in [0.29, 0.717) is 13.1 Å². The Labute approximate surface area is 101 Å². The molecule has 0 aliphatic carbocycles. The van der Waals surface area contributed by atoms with E-state index in [0.717, 1.165) is 18.7 Å². The van der Waals surface area contributed by atoms with Gasteiger partial charge in [0.05, 0.1) is 0 Å². The molecule has 0 bridgehead atoms. The van der Waals surface area contributed by atoms with Gasteiger partial charge in [0.1, 0.15) is 5.82 Å². The van der Waals surface area contributed by atoms with Crippen LogP contribution in [0.25, 0.3) is 0 Å². The van der Waals surface area contributed by atoms with Crippen molar-refractivity contribution in [2.75, 3.05) is 24.5 Å². The molecule has 1 unspecified atom stereocenters. The van der Waals surface area contributed by atoms with Crippen LogP contribution in [0.1, 0.15) is 13.3 Å². The predicted molar refractivity (Wildman–Crippen MR) is 65.4 cm³/mol. The van der Waals surface area contributed by atoms with E-state index in [9.17, 15) is 9.18 Å². The summed E-state index contributed by atoms with van der Waals surface area (Å²) < 4.78 is 12.9. The molecule has 1 heterocycles. The van der Waals surface area contributed by atoms with Gasteiger partial charge in [-0.25, -0.2) is 4.39 Å². The number of anilines is 1. The topological polar surface area (TPSA) is 32.3 Å². The van der Waals surface area contributed by atoms with Gasteiger partial charge in [-0.2, -0.15) is 0 Å². The largest absolute Gasteiger partial charge is 0.316 e. The second-order valence-corrected chi connectivity index (χ2v) is 4.43. The molecule has 92 valence electrons. The van der Waals surface area contributed by atoms with Crippen LogP contribution in [0, 0.1) is 11.7 Å². The molecule has 1 aliphatic heterocycles. The zero-order valence-corrected chi connectivity index (χ0v) is 9.95. The zero-order chi connectivity index (χ0) is 12.3. The Hall–Kier alpha value is -1.42. The summed E-state index contributed by atoms with van der Waals surface area (Å²) in [6, 6.07) is 6.11. The van der Waals surface area contributed by atoms with E-state index in [4.69, 9.17) is 0 Å². The van der Waals surface area contributed by atoms with Crippen molar-refractivity contribution in [3.8, 4) is 0 Å². The number of amides is 1. The first-order chi connectivity index (χ1) is 8.18. The first kappa shape index (κ1) is 12.0. The normalized spacial score (nSPS) is 22.1. The van der Waals surface area contributed by atoms with Crippen LogP contribution in [-0.4, -0.2) is 25.5 Å². The van der Waals surface area contributed by atoms with Gasteiger partial charge >= 0.3 is 0 Å². The summed E-state index contributed by atoms with van der Waals surface area (Å²) in [7, 11) is 0. The van der Waals surface area contributed by atoms with Crippen LogP contribution in [0.4, 0.5) is 10.1 Å². The highest BCUT2D eigenvalue weighted by Crippen LogP contribution is 2.18. The quantitative estimate of drug-likeness (QED) is 0.806. The van der Waals surface area contributed by atoms with E-state index in [1.54, 1.807) is 17.0 Å². The van der Waals surface area contributed by atoms with Crippen molar-refractivity contribution in [1.82, 2.24) is 5.32 Å². The van der Waals surface area contributed by atoms with E-state index < -0.39 is 0 Å². The maximum Gasteiger partial charge on any atom is 0.231 e. The van der Waals surface area contributed by atoms with E-state index in [1.165, 1.54) is 12.1 Å². The Morgan fingerprint density at radius 1 is 1.35 bits per heavy atom. The van der Waals surface area contributed by atoms with Crippen LogP contribution in [-0.2, 0) is 4.79 Å². The summed E-state index contributed by atoms with van der Waals surface area (Å²) in [6.07, 6.45) is 0.913. The van der Waals surface area contributed by atoms with Crippen molar-refractivity contribution < 1.29 is 9.18 Å². The number of hydrogen-bond acceptors (Lipinski definition) is 2. The number of halogens is 1. The number of carbonyl (C=O) groups excluding carboxylic acids is 1. The fraction of sp³-hybridized carbons (Fsp3) is 0.462. The molecule has 1 N–H and O–H groups in total. The van der Waals surface area contributed by atoms with Crippen LogP contribution >= 0.6 is 0 Å². The van der Waals surface area contributed by atoms with Crippen LogP contribution < -0.4 is 10.2 Å². The van der Waals surface area contributed by atoms with Gasteiger partial charge in [0.15, 0.2) is 0 Å². The van der Waals surface area contributed by atoms with Gasteiger partial charge in [0.2, 0.25) is 5.91 Å². The molecule has 0 aromatic heterocycles. The van der Waals surface area contributed by atoms with Gasteiger partial charge < -0.3 is 10.2 Å². The molecule has 0 spiro atoms. The maximum atomic E-state index is 12.9. The first-order valence-corrected chi connectivity index (χ1v) is 5.96. The zero-order valence-electron chi connectivity index (χ0n) is 9.95. The Bertz CT molecular complexity index is 391. The highest BCUT2D eigenvalue weighted by molar-refractivity contribution is 5.95. The maximum absolute atomic E-state index is 12.9. The van der Waals surface area contributed by atoms with Crippen LogP contribution in [0.15, 0.2) is 24.3 Å². The second kappa shape index (κ2) is 5.27. The molecule has 0 radical (unpaired) electrons. The number of benzene rings is 1. The lowest BCUT2D eigenvalue weighted by molar-refractivity contribution is -0.122. The summed E-state index contributed by atoms with van der Waals surface area (Å²) in [5.74, 6) is -0.216. The van der Waals surface area contributed by atoms with Crippen LogP contribution in [0.3, 0.4) is 0 Å². The van der Waals surface area contributed by atoms with Gasteiger partial charge in [-0.3, -0.25) is 4.79 Å². The van der Waals surface area contributed by atoms with Crippen molar-refractivity contribution in [2.45, 2.75) is 13.3 Å². The molecule has 2 rings (SSSR count). The van der Waals surface area contributed by atoms with Crippen molar-refractivity contribution in [1.29, 1.82) is 0 Å². The smallest absolute Gasteiger partial charge is 0.231 e. The minimum atomic E-state index is -0.275. The van der Waals surface area contributed by atoms with Gasteiger partial charge in [-0.15, -0.1) is 0 Å². The van der Waals surface area contributed by atoms with Crippen LogP contribution in [0.2, 0.25) is 0 Å². The fourth-order valence-electron chi connectivity index (χ4n) is 2.02. The van der Waals surface area contributed by atoms with Gasteiger partial charge in [-0.1, -0.05) is 6.92 Å². The number of nitrogens with one attached hydrogen (secondary N) is 1. The van der Waals surface area contributed by atoms with E-state index in [2.05, 4.69) is 5.32 Å². The van der Waals surface area contributed by atoms with E-state index >= 15 is 0 Å². The molecule has 1 amide bonds. The Morgan fingerprint density at radius 3 is 2.76 bits per heavy atom. The average Bonchev–Trinajstić information content (AvgIpc) is 2.32. The highest BCUT2D eigenvalue weighted by Gasteiger charge is 2.23. The van der Waals surface area contributed by atoms with Gasteiger partial charge in [0, 0.05) is 24.7 Å². The Kier molecular flexibility index (Phi) is 3.74. The summed E-state index contributed by atoms with van der Waals surface area (Å²) in [6.45, 7) is 4.21. The fourth-order valence-corrected chi connectivity index (χ4v) is 2.02. The molecule has 1 fully saturated rings. The van der Waals surface area contributed by atoms with Crippen molar-refractivity contribution >= 4 is 11.6 Å². The van der Waals surface area contributed by atoms with Crippen molar-refractivity contribution in [2.24, 2.45) is 5.92 Å². The number of carbonyl (C=O) groups is 1. The molecule has 1 aromatic carbocycles. The SMILES string of the molecule is CC1CNCCCN(c2ccc(F)cc2)C1=O. The Morgan fingerprint density at radius 2 is 2.06 bits per heavy atom. The number of rotatable bonds is 1. The minimum Gasteiger partial charge on any atom is -0.316 e. The Balaban J connectivity index is 2.21. The lowest BCUT2D eigenvalue weighted by atomic mass is 10.1. The van der Waals surface area contributed by atoms with Gasteiger partial charge in [-0.05, 0) is 37.2 Å². The van der Waals surface area contributed by atoms with E-state index in [1.807, 2.05) is 6.92 Å². The molecule has 4 heteroatoms. The van der Waals surface area contributed by atoms with E-state index in [-0.39, 0.29) is 17.6 Å². The molecular weight excluding hydrogens is 219 g/mol. The molecule has 1 aliphatic rings. The lowest BCUT2D eigenvalue weighted by Gasteiger charge is -2.28. The molecule has 3 nitrogen and oxygen atoms in total. The first-order valence-electron chi connectivity index (χ1n) is 5.96. The molecule has 1 atom stereocenters. The third-order valence-corrected chi connectivity index (χ3v) is 3.01. The third-order valence-electron chi connectivity index (χ3n) is 3.01. The molecular formula is C13H17FN2O. The molecule has 0 saturated carbocycles. The number of nitrogens with zero attached hydrogens (tertiary/aromatic N) is 1. The predicted octanol–water partition coefficient (Wildman–Crippen LogP) is 1.79. The van der Waals surface area contributed by atoms with Crippen molar-refractivity contribution in [3.63, 3.8) is 0 Å². The molecule has 1 saturated heterocycles. The molecule has 17 heavy (non-hydrogen) atoms. The summed E-state index contributed by atoms with van der Waals surface area (Å²) in [4.78, 5) is 13.9. The summed E-state index contributed by atoms with van der Waals surface area (Å²) in [5, 5.41) is 3.24. The standard InChI is InChI=1S/C13H17FN2O/c1-10-9-15-7-2-8-16(13(10)17)12-5-3-11(14)4-6-12/h3-6,10,15H,2,7-9H2,1H3. The monoisotopic (exact) mass is 236 g/mol. The lowest BCUT2D eigenvalue weighted by Crippen LogP contribution is -2.43. The van der Waals surface area contributed by atoms with Gasteiger partial charge in [0.25, 0.3) is 0 Å². The average molecular weight is 236 g/mol.